The van der Waals surface area contributed by atoms with Gasteiger partial charge in [-0.3, -0.25) is 9.78 Å². The molecular formula is C21H23N5O2. The van der Waals surface area contributed by atoms with Crippen LogP contribution >= 0.6 is 0 Å². The fourth-order valence-electron chi connectivity index (χ4n) is 3.41. The molecule has 1 fully saturated rings. The molecule has 7 heteroatoms. The summed E-state index contributed by atoms with van der Waals surface area (Å²) in [6.07, 6.45) is 5.91. The molecule has 1 saturated heterocycles. The molecule has 3 heterocycles. The fourth-order valence-corrected chi connectivity index (χ4v) is 3.41. The Morgan fingerprint density at radius 1 is 1.11 bits per heavy atom. The smallest absolute Gasteiger partial charge is 0.257 e. The number of aromatic nitrogens is 3. The average Bonchev–Trinajstić information content (AvgIpc) is 3.24. The fraction of sp³-hybridized carbons (Fsp3) is 0.333. The summed E-state index contributed by atoms with van der Waals surface area (Å²) in [6, 6.07) is 13.7. The number of piperidine rings is 1. The summed E-state index contributed by atoms with van der Waals surface area (Å²) in [7, 11) is 0. The quantitative estimate of drug-likeness (QED) is 0.711. The zero-order chi connectivity index (χ0) is 19.2. The number of likely N-dealkylation sites (tertiary alicyclic amines) is 1. The number of benzene rings is 1. The first-order valence-electron chi connectivity index (χ1n) is 9.60. The summed E-state index contributed by atoms with van der Waals surface area (Å²) in [5.74, 6) is 1.34. The maximum Gasteiger partial charge on any atom is 0.257 e. The second-order valence-corrected chi connectivity index (χ2v) is 6.89. The van der Waals surface area contributed by atoms with Crippen molar-refractivity contribution < 1.29 is 9.32 Å². The van der Waals surface area contributed by atoms with Crippen molar-refractivity contribution in [2.45, 2.75) is 25.3 Å². The highest BCUT2D eigenvalue weighted by Crippen LogP contribution is 2.16. The van der Waals surface area contributed by atoms with Gasteiger partial charge in [-0.05, 0) is 37.1 Å². The second-order valence-electron chi connectivity index (χ2n) is 6.89. The van der Waals surface area contributed by atoms with E-state index in [2.05, 4.69) is 20.4 Å². The lowest BCUT2D eigenvalue weighted by Crippen LogP contribution is -2.45. The normalized spacial score (nSPS) is 14.9. The topological polar surface area (TPSA) is 84.2 Å². The van der Waals surface area contributed by atoms with Crippen molar-refractivity contribution >= 4 is 5.91 Å². The molecule has 0 bridgehead atoms. The lowest BCUT2D eigenvalue weighted by molar-refractivity contribution is 0.0705. The Balaban J connectivity index is 1.21. The third-order valence-electron chi connectivity index (χ3n) is 4.98. The number of hydrogen-bond acceptors (Lipinski definition) is 6. The lowest BCUT2D eigenvalue weighted by Gasteiger charge is -2.32. The minimum Gasteiger partial charge on any atom is -0.339 e. The molecule has 1 aliphatic heterocycles. The number of pyridine rings is 1. The molecule has 0 radical (unpaired) electrons. The minimum absolute atomic E-state index is 0.0843. The zero-order valence-electron chi connectivity index (χ0n) is 15.6. The van der Waals surface area contributed by atoms with Crippen molar-refractivity contribution in [3.05, 3.63) is 66.2 Å². The van der Waals surface area contributed by atoms with Crippen LogP contribution in [0.15, 0.2) is 59.4 Å². The third kappa shape index (κ3) is 4.43. The Bertz CT molecular complexity index is 889. The number of hydrogen-bond donors (Lipinski definition) is 1. The molecule has 1 aliphatic rings. The highest BCUT2D eigenvalue weighted by molar-refractivity contribution is 5.94. The Morgan fingerprint density at radius 2 is 1.86 bits per heavy atom. The van der Waals surface area contributed by atoms with Crippen molar-refractivity contribution in [3.8, 4) is 11.5 Å². The first kappa shape index (κ1) is 18.3. The van der Waals surface area contributed by atoms with Gasteiger partial charge in [0.2, 0.25) is 0 Å². The van der Waals surface area contributed by atoms with Crippen molar-refractivity contribution in [1.82, 2.24) is 25.3 Å². The van der Waals surface area contributed by atoms with E-state index in [0.717, 1.165) is 38.0 Å². The van der Waals surface area contributed by atoms with Crippen LogP contribution < -0.4 is 5.32 Å². The van der Waals surface area contributed by atoms with Crippen LogP contribution in [0.2, 0.25) is 0 Å². The molecule has 0 saturated carbocycles. The predicted molar refractivity (Wildman–Crippen MR) is 105 cm³/mol. The van der Waals surface area contributed by atoms with Crippen molar-refractivity contribution in [1.29, 1.82) is 0 Å². The monoisotopic (exact) mass is 377 g/mol. The molecule has 144 valence electrons. The van der Waals surface area contributed by atoms with Crippen LogP contribution in [0.3, 0.4) is 0 Å². The number of carbonyl (C=O) groups is 1. The van der Waals surface area contributed by atoms with E-state index in [1.54, 1.807) is 24.5 Å². The van der Waals surface area contributed by atoms with Gasteiger partial charge in [-0.1, -0.05) is 23.4 Å². The molecule has 0 unspecified atom stereocenters. The Morgan fingerprint density at radius 3 is 2.61 bits per heavy atom. The van der Waals surface area contributed by atoms with E-state index in [1.807, 2.05) is 35.2 Å². The van der Waals surface area contributed by atoms with Crippen LogP contribution in [0.5, 0.6) is 0 Å². The molecule has 0 aliphatic carbocycles. The first-order chi connectivity index (χ1) is 13.8. The van der Waals surface area contributed by atoms with Gasteiger partial charge < -0.3 is 14.7 Å². The summed E-state index contributed by atoms with van der Waals surface area (Å²) in [6.45, 7) is 2.31. The predicted octanol–water partition coefficient (Wildman–Crippen LogP) is 2.57. The van der Waals surface area contributed by atoms with Crippen molar-refractivity contribution in [2.75, 3.05) is 19.6 Å². The third-order valence-corrected chi connectivity index (χ3v) is 4.98. The van der Waals surface area contributed by atoms with E-state index in [1.165, 1.54) is 0 Å². The van der Waals surface area contributed by atoms with E-state index in [9.17, 15) is 4.79 Å². The molecule has 0 atom stereocenters. The molecule has 1 aromatic carbocycles. The van der Waals surface area contributed by atoms with E-state index >= 15 is 0 Å². The van der Waals surface area contributed by atoms with Gasteiger partial charge >= 0.3 is 0 Å². The van der Waals surface area contributed by atoms with Gasteiger partial charge in [-0.25, -0.2) is 0 Å². The molecule has 1 N–H and O–H groups in total. The average molecular weight is 377 g/mol. The van der Waals surface area contributed by atoms with Gasteiger partial charge in [-0.2, -0.15) is 4.98 Å². The number of amides is 1. The van der Waals surface area contributed by atoms with E-state index < -0.39 is 0 Å². The van der Waals surface area contributed by atoms with Gasteiger partial charge in [0.1, 0.15) is 0 Å². The van der Waals surface area contributed by atoms with Crippen molar-refractivity contribution in [2.24, 2.45) is 0 Å². The van der Waals surface area contributed by atoms with Crippen molar-refractivity contribution in [3.63, 3.8) is 0 Å². The van der Waals surface area contributed by atoms with Crippen LogP contribution in [0.4, 0.5) is 0 Å². The maximum absolute atomic E-state index is 12.5. The second kappa shape index (κ2) is 8.75. The Labute approximate surface area is 163 Å². The number of rotatable bonds is 6. The van der Waals surface area contributed by atoms with E-state index in [-0.39, 0.29) is 5.91 Å². The molecular weight excluding hydrogens is 354 g/mol. The minimum atomic E-state index is 0.0843. The van der Waals surface area contributed by atoms with E-state index in [4.69, 9.17) is 4.52 Å². The first-order valence-corrected chi connectivity index (χ1v) is 9.60. The van der Waals surface area contributed by atoms with Crippen LogP contribution in [0.25, 0.3) is 11.5 Å². The molecule has 28 heavy (non-hydrogen) atoms. The summed E-state index contributed by atoms with van der Waals surface area (Å²) >= 11 is 0. The van der Waals surface area contributed by atoms with Crippen LogP contribution in [-0.2, 0) is 6.42 Å². The zero-order valence-corrected chi connectivity index (χ0v) is 15.6. The number of carbonyl (C=O) groups excluding carboxylic acids is 1. The molecule has 3 aromatic rings. The summed E-state index contributed by atoms with van der Waals surface area (Å²) in [5.41, 5.74) is 1.63. The summed E-state index contributed by atoms with van der Waals surface area (Å²) in [5, 5.41) is 7.61. The summed E-state index contributed by atoms with van der Waals surface area (Å²) < 4.78 is 5.34. The van der Waals surface area contributed by atoms with Gasteiger partial charge in [0.05, 0.1) is 0 Å². The SMILES string of the molecule is O=C(c1ccncc1)N1CCC(NCCc2noc(-c3ccccc3)n2)CC1. The molecule has 4 rings (SSSR count). The highest BCUT2D eigenvalue weighted by Gasteiger charge is 2.23. The van der Waals surface area contributed by atoms with Gasteiger partial charge in [-0.15, -0.1) is 0 Å². The number of nitrogens with zero attached hydrogens (tertiary/aromatic N) is 4. The molecule has 2 aromatic heterocycles. The standard InChI is InChI=1S/C21H23N5O2/c27-21(17-6-11-22-12-7-17)26-14-9-18(10-15-26)23-13-8-19-24-20(28-25-19)16-4-2-1-3-5-16/h1-7,11-12,18,23H,8-10,13-15H2. The molecule has 1 amide bonds. The van der Waals surface area contributed by atoms with Gasteiger partial charge in [0.25, 0.3) is 11.8 Å². The van der Waals surface area contributed by atoms with Crippen LogP contribution in [0.1, 0.15) is 29.0 Å². The Hall–Kier alpha value is -3.06. The van der Waals surface area contributed by atoms with Gasteiger partial charge in [0.15, 0.2) is 5.82 Å². The highest BCUT2D eigenvalue weighted by atomic mass is 16.5. The lowest BCUT2D eigenvalue weighted by atomic mass is 10.0. The largest absolute Gasteiger partial charge is 0.339 e. The Kier molecular flexibility index (Phi) is 5.72. The summed E-state index contributed by atoms with van der Waals surface area (Å²) in [4.78, 5) is 22.8. The number of nitrogens with one attached hydrogen (secondary N) is 1. The molecule has 0 spiro atoms. The van der Waals surface area contributed by atoms with Crippen LogP contribution in [0, 0.1) is 0 Å². The van der Waals surface area contributed by atoms with Gasteiger partial charge in [0, 0.05) is 55.6 Å². The van der Waals surface area contributed by atoms with E-state index in [0.29, 0.717) is 29.7 Å². The maximum atomic E-state index is 12.5. The van der Waals surface area contributed by atoms with Crippen LogP contribution in [-0.4, -0.2) is 51.6 Å². The molecule has 7 nitrogen and oxygen atoms in total.